The fourth-order valence-electron chi connectivity index (χ4n) is 3.54. The molecular weight excluding hydrogens is 409 g/mol. The summed E-state index contributed by atoms with van der Waals surface area (Å²) in [7, 11) is 0. The predicted molar refractivity (Wildman–Crippen MR) is 113 cm³/mol. The Balaban J connectivity index is 1.60. The first-order valence-corrected chi connectivity index (χ1v) is 10.2. The summed E-state index contributed by atoms with van der Waals surface area (Å²) in [5.74, 6) is -0.407. The van der Waals surface area contributed by atoms with Gasteiger partial charge in [0.25, 0.3) is 5.91 Å². The van der Waals surface area contributed by atoms with Gasteiger partial charge < -0.3 is 15.1 Å². The quantitative estimate of drug-likeness (QED) is 0.664. The number of aryl methyl sites for hydroxylation is 2. The standard InChI is InChI=1S/C20H22FN5O3S/c1-10-5-11(2)16(14(27)6-10)26-9-15-17(24-26)23-19(30-15)22-13-8-25(7-12(13)21)18(28)20(3,4)29/h5-6,9,12,27,29H,7-8H2,1-4H3/b22-13-/t12-/m0/s1. The zero-order valence-corrected chi connectivity index (χ0v) is 17.9. The number of phenolic OH excluding ortho intramolecular Hbond substituents is 1. The lowest BCUT2D eigenvalue weighted by atomic mass is 10.1. The molecule has 2 aromatic heterocycles. The predicted octanol–water partition coefficient (Wildman–Crippen LogP) is 2.83. The minimum absolute atomic E-state index is 0.0116. The molecular formula is C20H22FN5O3S. The van der Waals surface area contributed by atoms with Crippen LogP contribution in [0.1, 0.15) is 25.0 Å². The van der Waals surface area contributed by atoms with Crippen LogP contribution < -0.4 is 0 Å². The third-order valence-corrected chi connectivity index (χ3v) is 5.74. The Morgan fingerprint density at radius 2 is 2.10 bits per heavy atom. The van der Waals surface area contributed by atoms with E-state index in [0.717, 1.165) is 15.8 Å². The van der Waals surface area contributed by atoms with E-state index in [4.69, 9.17) is 0 Å². The highest BCUT2D eigenvalue weighted by Crippen LogP contribution is 2.32. The zero-order chi connectivity index (χ0) is 21.8. The van der Waals surface area contributed by atoms with Gasteiger partial charge in [-0.25, -0.2) is 14.1 Å². The highest BCUT2D eigenvalue weighted by atomic mass is 32.1. The van der Waals surface area contributed by atoms with Crippen molar-refractivity contribution in [1.82, 2.24) is 19.7 Å². The smallest absolute Gasteiger partial charge is 0.254 e. The number of thiazole rings is 1. The molecule has 1 atom stereocenters. The monoisotopic (exact) mass is 431 g/mol. The van der Waals surface area contributed by atoms with Gasteiger partial charge >= 0.3 is 0 Å². The number of halogens is 1. The number of alkyl halides is 1. The number of aromatic hydroxyl groups is 1. The van der Waals surface area contributed by atoms with Gasteiger partial charge in [0, 0.05) is 0 Å². The average molecular weight is 431 g/mol. The lowest BCUT2D eigenvalue weighted by Gasteiger charge is -2.23. The number of aliphatic imine (C=N–C) groups is 1. The largest absolute Gasteiger partial charge is 0.506 e. The summed E-state index contributed by atoms with van der Waals surface area (Å²) in [6.45, 7) is 6.42. The Morgan fingerprint density at radius 1 is 1.37 bits per heavy atom. The lowest BCUT2D eigenvalue weighted by Crippen LogP contribution is -2.44. The van der Waals surface area contributed by atoms with Crippen molar-refractivity contribution in [3.05, 3.63) is 29.5 Å². The first-order valence-electron chi connectivity index (χ1n) is 9.43. The lowest BCUT2D eigenvalue weighted by molar-refractivity contribution is -0.146. The van der Waals surface area contributed by atoms with Crippen molar-refractivity contribution in [2.24, 2.45) is 4.99 Å². The highest BCUT2D eigenvalue weighted by Gasteiger charge is 2.38. The van der Waals surface area contributed by atoms with E-state index in [-0.39, 0.29) is 24.6 Å². The molecule has 4 rings (SSSR count). The van der Waals surface area contributed by atoms with Gasteiger partial charge in [-0.3, -0.25) is 4.79 Å². The van der Waals surface area contributed by atoms with Crippen LogP contribution in [0.15, 0.2) is 23.3 Å². The van der Waals surface area contributed by atoms with Crippen LogP contribution in [0, 0.1) is 13.8 Å². The molecule has 0 bridgehead atoms. The molecule has 0 saturated carbocycles. The molecule has 3 heterocycles. The number of hydrogen-bond donors (Lipinski definition) is 2. The second-order valence-corrected chi connectivity index (χ2v) is 9.03. The molecule has 1 aromatic carbocycles. The summed E-state index contributed by atoms with van der Waals surface area (Å²) < 4.78 is 16.7. The Hall–Kier alpha value is -2.85. The SMILES string of the molecule is Cc1cc(C)c(-n2cc3sc(/N=C4/CN(C(=O)C(C)(C)O)C[C@@H]4F)nc3n2)c(O)c1. The van der Waals surface area contributed by atoms with E-state index in [9.17, 15) is 19.4 Å². The Morgan fingerprint density at radius 3 is 2.73 bits per heavy atom. The summed E-state index contributed by atoms with van der Waals surface area (Å²) in [6, 6.07) is 3.63. The fourth-order valence-corrected chi connectivity index (χ4v) is 4.36. The van der Waals surface area contributed by atoms with E-state index in [1.807, 2.05) is 19.9 Å². The Labute approximate surface area is 176 Å². The molecule has 0 unspecified atom stereocenters. The molecule has 0 aliphatic carbocycles. The number of benzene rings is 1. The van der Waals surface area contributed by atoms with Crippen molar-refractivity contribution in [1.29, 1.82) is 0 Å². The van der Waals surface area contributed by atoms with Gasteiger partial charge in [0.05, 0.1) is 29.7 Å². The molecule has 1 amide bonds. The molecule has 30 heavy (non-hydrogen) atoms. The number of aromatic nitrogens is 3. The number of hydrogen-bond acceptors (Lipinski definition) is 7. The molecule has 1 aliphatic rings. The summed E-state index contributed by atoms with van der Waals surface area (Å²) in [4.78, 5) is 22.1. The fraction of sp³-hybridized carbons (Fsp3) is 0.400. The van der Waals surface area contributed by atoms with E-state index < -0.39 is 17.7 Å². The molecule has 158 valence electrons. The maximum Gasteiger partial charge on any atom is 0.254 e. The molecule has 10 heteroatoms. The van der Waals surface area contributed by atoms with Crippen molar-refractivity contribution in [3.8, 4) is 11.4 Å². The number of nitrogens with zero attached hydrogens (tertiary/aromatic N) is 5. The Bertz CT molecular complexity index is 1120. The van der Waals surface area contributed by atoms with Gasteiger partial charge in [0.15, 0.2) is 11.8 Å². The molecule has 1 saturated heterocycles. The number of amides is 1. The van der Waals surface area contributed by atoms with Crippen LogP contribution in [0.4, 0.5) is 9.52 Å². The second-order valence-electron chi connectivity index (χ2n) is 8.02. The van der Waals surface area contributed by atoms with E-state index in [0.29, 0.717) is 16.5 Å². The van der Waals surface area contributed by atoms with Crippen molar-refractivity contribution < 1.29 is 19.4 Å². The van der Waals surface area contributed by atoms with Crippen molar-refractivity contribution >= 4 is 38.4 Å². The first kappa shape index (κ1) is 20.4. The minimum Gasteiger partial charge on any atom is -0.506 e. The van der Waals surface area contributed by atoms with Gasteiger partial charge in [-0.2, -0.15) is 4.98 Å². The minimum atomic E-state index is -1.56. The maximum absolute atomic E-state index is 14.4. The van der Waals surface area contributed by atoms with Gasteiger partial charge in [-0.15, -0.1) is 5.10 Å². The van der Waals surface area contributed by atoms with E-state index in [1.54, 1.807) is 16.9 Å². The van der Waals surface area contributed by atoms with Crippen LogP contribution in [0.25, 0.3) is 16.0 Å². The summed E-state index contributed by atoms with van der Waals surface area (Å²) >= 11 is 1.25. The number of likely N-dealkylation sites (tertiary alicyclic amines) is 1. The van der Waals surface area contributed by atoms with Crippen LogP contribution in [0.3, 0.4) is 0 Å². The Kier molecular flexibility index (Phi) is 4.86. The summed E-state index contributed by atoms with van der Waals surface area (Å²) in [5.41, 5.74) is 1.49. The number of aliphatic hydroxyl groups is 1. The molecule has 0 spiro atoms. The van der Waals surface area contributed by atoms with Crippen molar-refractivity contribution in [2.75, 3.05) is 13.1 Å². The number of phenols is 1. The molecule has 0 radical (unpaired) electrons. The zero-order valence-electron chi connectivity index (χ0n) is 17.0. The van der Waals surface area contributed by atoms with E-state index in [1.165, 1.54) is 30.1 Å². The third kappa shape index (κ3) is 3.68. The highest BCUT2D eigenvalue weighted by molar-refractivity contribution is 7.21. The number of carbonyl (C=O) groups is 1. The topological polar surface area (TPSA) is 104 Å². The van der Waals surface area contributed by atoms with E-state index >= 15 is 0 Å². The molecule has 2 N–H and O–H groups in total. The van der Waals surface area contributed by atoms with Gasteiger partial charge in [0.1, 0.15) is 17.0 Å². The normalized spacial score (nSPS) is 18.7. The molecule has 8 nitrogen and oxygen atoms in total. The van der Waals surface area contributed by atoms with Gasteiger partial charge in [-0.05, 0) is 44.9 Å². The molecule has 1 fully saturated rings. The van der Waals surface area contributed by atoms with Crippen LogP contribution in [0.5, 0.6) is 5.75 Å². The average Bonchev–Trinajstić information content (AvgIpc) is 3.26. The number of rotatable bonds is 3. The van der Waals surface area contributed by atoms with Crippen molar-refractivity contribution in [3.63, 3.8) is 0 Å². The van der Waals surface area contributed by atoms with Crippen LogP contribution in [-0.2, 0) is 4.79 Å². The van der Waals surface area contributed by atoms with Crippen LogP contribution in [-0.4, -0.2) is 66.4 Å². The van der Waals surface area contributed by atoms with E-state index in [2.05, 4.69) is 15.1 Å². The third-order valence-electron chi connectivity index (χ3n) is 4.86. The molecule has 1 aliphatic heterocycles. The van der Waals surface area contributed by atoms with Crippen LogP contribution >= 0.6 is 11.3 Å². The summed E-state index contributed by atoms with van der Waals surface area (Å²) in [5, 5.41) is 24.9. The van der Waals surface area contributed by atoms with Crippen molar-refractivity contribution in [2.45, 2.75) is 39.5 Å². The maximum atomic E-state index is 14.4. The molecule has 3 aromatic rings. The first-order chi connectivity index (χ1) is 14.0. The van der Waals surface area contributed by atoms with Gasteiger partial charge in [-0.1, -0.05) is 17.4 Å². The second kappa shape index (κ2) is 7.13. The number of carbonyl (C=O) groups excluding carboxylic acids is 1. The summed E-state index contributed by atoms with van der Waals surface area (Å²) in [6.07, 6.45) is 0.347. The van der Waals surface area contributed by atoms with Crippen LogP contribution in [0.2, 0.25) is 0 Å². The van der Waals surface area contributed by atoms with Gasteiger partial charge in [0.2, 0.25) is 5.13 Å². The number of fused-ring (bicyclic) bond motifs is 1.